The summed E-state index contributed by atoms with van der Waals surface area (Å²) >= 11 is 0. The zero-order valence-electron chi connectivity index (χ0n) is 22.0. The molecule has 1 aliphatic rings. The number of ether oxygens (including phenoxy) is 1. The summed E-state index contributed by atoms with van der Waals surface area (Å²) in [5.41, 5.74) is 0. The number of aliphatic carboxylic acids is 1. The Kier molecular flexibility index (Phi) is 12.4. The Morgan fingerprint density at radius 1 is 1.03 bits per heavy atom. The van der Waals surface area contributed by atoms with E-state index in [1.54, 1.807) is 11.9 Å². The fourth-order valence-corrected chi connectivity index (χ4v) is 4.96. The molecule has 33 heavy (non-hydrogen) atoms. The van der Waals surface area contributed by atoms with E-state index in [4.69, 9.17) is 4.74 Å². The van der Waals surface area contributed by atoms with Crippen LogP contribution >= 0.6 is 0 Å². The molecular weight excluding hydrogens is 422 g/mol. The summed E-state index contributed by atoms with van der Waals surface area (Å²) in [7, 11) is 3.17. The number of hydrogen-bond acceptors (Lipinski definition) is 5. The summed E-state index contributed by atoms with van der Waals surface area (Å²) in [6.45, 7) is 13.7. The van der Waals surface area contributed by atoms with E-state index in [-0.39, 0.29) is 42.0 Å². The van der Waals surface area contributed by atoms with Crippen LogP contribution in [0.2, 0.25) is 0 Å². The maximum absolute atomic E-state index is 13.7. The van der Waals surface area contributed by atoms with Crippen molar-refractivity contribution in [2.75, 3.05) is 27.2 Å². The highest BCUT2D eigenvalue weighted by Gasteiger charge is 2.39. The molecule has 0 aliphatic carbocycles. The molecule has 0 bridgehead atoms. The second-order valence-corrected chi connectivity index (χ2v) is 10.2. The van der Waals surface area contributed by atoms with Crippen LogP contribution in [0.15, 0.2) is 0 Å². The van der Waals surface area contributed by atoms with Gasteiger partial charge in [0.1, 0.15) is 6.04 Å². The van der Waals surface area contributed by atoms with Crippen molar-refractivity contribution in [3.05, 3.63) is 0 Å². The van der Waals surface area contributed by atoms with Crippen molar-refractivity contribution < 1.29 is 24.2 Å². The van der Waals surface area contributed by atoms with E-state index in [2.05, 4.69) is 10.2 Å². The molecule has 5 atom stereocenters. The van der Waals surface area contributed by atoms with Gasteiger partial charge in [-0.2, -0.15) is 0 Å². The molecule has 0 saturated carbocycles. The van der Waals surface area contributed by atoms with Crippen molar-refractivity contribution >= 4 is 17.8 Å². The van der Waals surface area contributed by atoms with E-state index in [0.717, 1.165) is 32.4 Å². The van der Waals surface area contributed by atoms with Gasteiger partial charge >= 0.3 is 5.97 Å². The van der Waals surface area contributed by atoms with Crippen LogP contribution < -0.4 is 5.32 Å². The minimum atomic E-state index is -0.967. The van der Waals surface area contributed by atoms with Crippen LogP contribution in [0.4, 0.5) is 0 Å². The summed E-state index contributed by atoms with van der Waals surface area (Å²) in [6, 6.07) is -1.37. The predicted octanol–water partition coefficient (Wildman–Crippen LogP) is 3.00. The van der Waals surface area contributed by atoms with Gasteiger partial charge in [0.15, 0.2) is 0 Å². The number of amides is 2. The first-order valence-electron chi connectivity index (χ1n) is 12.5. The Bertz CT molecular complexity index is 634. The number of piperidine rings is 1. The molecule has 1 saturated heterocycles. The molecule has 1 fully saturated rings. The van der Waals surface area contributed by atoms with Crippen molar-refractivity contribution in [1.82, 2.24) is 15.1 Å². The number of carboxylic acid groups (broad SMARTS) is 1. The maximum Gasteiger partial charge on any atom is 0.306 e. The van der Waals surface area contributed by atoms with Crippen LogP contribution in [-0.2, 0) is 19.1 Å². The number of rotatable bonds is 13. The molecule has 1 aliphatic heterocycles. The van der Waals surface area contributed by atoms with E-state index in [0.29, 0.717) is 0 Å². The standard InChI is InChI=1S/C25H47N3O5/c1-9-18(6)23(19(33-8)15-20(29)30)27(7)25(32)21(16(2)3)26-24(31)22(17(4)5)28-13-11-10-12-14-28/h16-19,21-23H,9-15H2,1-8H3,(H,26,31)(H,29,30)/t18-,19+,21-,22-,23-/m0/s1. The molecule has 0 aromatic rings. The molecule has 8 heteroatoms. The van der Waals surface area contributed by atoms with Crippen molar-refractivity contribution in [3.8, 4) is 0 Å². The topological polar surface area (TPSA) is 99.2 Å². The SMILES string of the molecule is CC[C@H](C)[C@@H]([C@@H](CC(=O)O)OC)N(C)C(=O)[C@@H](NC(=O)[C@H](C(C)C)N1CCCCC1)C(C)C. The lowest BCUT2D eigenvalue weighted by molar-refractivity contribution is -0.148. The van der Waals surface area contributed by atoms with Gasteiger partial charge in [0.2, 0.25) is 11.8 Å². The van der Waals surface area contributed by atoms with Crippen molar-refractivity contribution in [1.29, 1.82) is 0 Å². The number of likely N-dealkylation sites (tertiary alicyclic amines) is 1. The van der Waals surface area contributed by atoms with Gasteiger partial charge < -0.3 is 20.1 Å². The summed E-state index contributed by atoms with van der Waals surface area (Å²) in [5.74, 6) is -1.24. The number of carboxylic acids is 1. The van der Waals surface area contributed by atoms with Crippen LogP contribution in [0.5, 0.6) is 0 Å². The Labute approximate surface area is 200 Å². The molecule has 0 radical (unpaired) electrons. The van der Waals surface area contributed by atoms with Crippen LogP contribution in [0.1, 0.15) is 73.6 Å². The molecule has 2 amide bonds. The first-order valence-corrected chi connectivity index (χ1v) is 12.5. The fourth-order valence-electron chi connectivity index (χ4n) is 4.96. The highest BCUT2D eigenvalue weighted by atomic mass is 16.5. The molecule has 192 valence electrons. The molecule has 1 rings (SSSR count). The first-order chi connectivity index (χ1) is 15.5. The minimum absolute atomic E-state index is 0.0310. The lowest BCUT2D eigenvalue weighted by atomic mass is 9.90. The monoisotopic (exact) mass is 469 g/mol. The zero-order valence-corrected chi connectivity index (χ0v) is 22.0. The lowest BCUT2D eigenvalue weighted by Gasteiger charge is -2.40. The van der Waals surface area contributed by atoms with Crippen LogP contribution in [-0.4, -0.2) is 84.2 Å². The zero-order chi connectivity index (χ0) is 25.3. The van der Waals surface area contributed by atoms with Crippen LogP contribution in [0.3, 0.4) is 0 Å². The van der Waals surface area contributed by atoms with Gasteiger partial charge in [-0.1, -0.05) is 54.4 Å². The molecule has 8 nitrogen and oxygen atoms in total. The van der Waals surface area contributed by atoms with Gasteiger partial charge in [0.25, 0.3) is 0 Å². The number of carbonyl (C=O) groups is 3. The number of nitrogens with one attached hydrogen (secondary N) is 1. The van der Waals surface area contributed by atoms with E-state index in [1.165, 1.54) is 13.5 Å². The summed E-state index contributed by atoms with van der Waals surface area (Å²) < 4.78 is 5.52. The highest BCUT2D eigenvalue weighted by Crippen LogP contribution is 2.24. The van der Waals surface area contributed by atoms with Gasteiger partial charge in [-0.25, -0.2) is 0 Å². The van der Waals surface area contributed by atoms with Gasteiger partial charge in [0.05, 0.1) is 24.6 Å². The van der Waals surface area contributed by atoms with Gasteiger partial charge in [0, 0.05) is 14.2 Å². The molecule has 2 N–H and O–H groups in total. The highest BCUT2D eigenvalue weighted by molar-refractivity contribution is 5.90. The summed E-state index contributed by atoms with van der Waals surface area (Å²) in [5, 5.41) is 12.4. The second kappa shape index (κ2) is 13.9. The van der Waals surface area contributed by atoms with Crippen molar-refractivity contribution in [2.45, 2.75) is 97.9 Å². The Hall–Kier alpha value is -1.67. The average molecular weight is 470 g/mol. The lowest BCUT2D eigenvalue weighted by Crippen LogP contribution is -2.60. The van der Waals surface area contributed by atoms with Crippen molar-refractivity contribution in [2.24, 2.45) is 17.8 Å². The normalized spacial score (nSPS) is 19.6. The number of nitrogens with zero attached hydrogens (tertiary/aromatic N) is 2. The number of hydrogen-bond donors (Lipinski definition) is 2. The molecule has 1 heterocycles. The smallest absolute Gasteiger partial charge is 0.306 e. The third-order valence-corrected chi connectivity index (χ3v) is 7.00. The second-order valence-electron chi connectivity index (χ2n) is 10.2. The molecular formula is C25H47N3O5. The van der Waals surface area contributed by atoms with E-state index in [1.807, 2.05) is 41.5 Å². The fraction of sp³-hybridized carbons (Fsp3) is 0.880. The first kappa shape index (κ1) is 29.4. The number of methoxy groups -OCH3 is 1. The van der Waals surface area contributed by atoms with E-state index < -0.39 is 24.2 Å². The molecule has 0 aromatic heterocycles. The Morgan fingerprint density at radius 3 is 2.03 bits per heavy atom. The van der Waals surface area contributed by atoms with E-state index >= 15 is 0 Å². The number of likely N-dealkylation sites (N-methyl/N-ethyl adjacent to an activating group) is 1. The maximum atomic E-state index is 13.7. The quantitative estimate of drug-likeness (QED) is 0.430. The molecule has 0 unspecified atom stereocenters. The Morgan fingerprint density at radius 2 is 1.61 bits per heavy atom. The third kappa shape index (κ3) is 8.25. The van der Waals surface area contributed by atoms with Gasteiger partial charge in [-0.15, -0.1) is 0 Å². The molecule has 0 aromatic carbocycles. The van der Waals surface area contributed by atoms with Crippen LogP contribution in [0.25, 0.3) is 0 Å². The average Bonchev–Trinajstić information content (AvgIpc) is 2.76. The van der Waals surface area contributed by atoms with Crippen LogP contribution in [0, 0.1) is 17.8 Å². The van der Waals surface area contributed by atoms with Crippen molar-refractivity contribution in [3.63, 3.8) is 0 Å². The number of carbonyl (C=O) groups excluding carboxylic acids is 2. The largest absolute Gasteiger partial charge is 0.481 e. The Balaban J connectivity index is 3.12. The minimum Gasteiger partial charge on any atom is -0.481 e. The van der Waals surface area contributed by atoms with E-state index in [9.17, 15) is 19.5 Å². The summed E-state index contributed by atoms with van der Waals surface area (Å²) in [6.07, 6.45) is 3.31. The summed E-state index contributed by atoms with van der Waals surface area (Å²) in [4.78, 5) is 42.3. The predicted molar refractivity (Wildman–Crippen MR) is 130 cm³/mol. The molecule has 0 spiro atoms. The van der Waals surface area contributed by atoms with Gasteiger partial charge in [-0.05, 0) is 43.7 Å². The van der Waals surface area contributed by atoms with Gasteiger partial charge in [-0.3, -0.25) is 19.3 Å². The third-order valence-electron chi connectivity index (χ3n) is 7.00.